The van der Waals surface area contributed by atoms with E-state index in [1.54, 1.807) is 18.2 Å². The molecule has 2 aromatic heterocycles. The molecule has 0 aromatic carbocycles. The van der Waals surface area contributed by atoms with Crippen LogP contribution in [-0.2, 0) is 9.84 Å². The molecule has 3 N–H and O–H groups in total. The highest BCUT2D eigenvalue weighted by Gasteiger charge is 2.68. The van der Waals surface area contributed by atoms with E-state index in [9.17, 15) is 13.2 Å². The van der Waals surface area contributed by atoms with Crippen LogP contribution in [0.1, 0.15) is 60.7 Å². The molecule has 2 bridgehead atoms. The van der Waals surface area contributed by atoms with Crippen LogP contribution in [0, 0.1) is 5.92 Å². The van der Waals surface area contributed by atoms with Gasteiger partial charge in [0.2, 0.25) is 0 Å². The van der Waals surface area contributed by atoms with Crippen molar-refractivity contribution in [1.29, 1.82) is 0 Å². The van der Waals surface area contributed by atoms with Crippen LogP contribution in [0.2, 0.25) is 0 Å². The number of amides is 1. The van der Waals surface area contributed by atoms with E-state index in [0.29, 0.717) is 37.5 Å². The van der Waals surface area contributed by atoms with Gasteiger partial charge in [-0.25, -0.2) is 13.4 Å². The second-order valence-corrected chi connectivity index (χ2v) is 12.8. The van der Waals surface area contributed by atoms with E-state index >= 15 is 0 Å². The number of hydrogen-bond donors (Lipinski definition) is 2. The molecule has 11 heteroatoms. The predicted octanol–water partition coefficient (Wildman–Crippen LogP) is 1.50. The van der Waals surface area contributed by atoms with Gasteiger partial charge in [0.15, 0.2) is 15.5 Å². The number of carbonyl (C=O) groups excluding carboxylic acids is 1. The van der Waals surface area contributed by atoms with E-state index in [1.807, 2.05) is 11.9 Å². The monoisotopic (exact) mass is 500 g/mol. The SMILES string of the molecule is CN(CCCN)c1ccc(S(=O)(=O)C23CC4CN2C(CC4NC(=O)c2cc(C4CC4)on2)C3)cn1. The topological polar surface area (TPSA) is 135 Å². The van der Waals surface area contributed by atoms with Crippen molar-refractivity contribution < 1.29 is 17.7 Å². The van der Waals surface area contributed by atoms with E-state index in [2.05, 4.69) is 20.4 Å². The fourth-order valence-electron chi connectivity index (χ4n) is 6.19. The maximum absolute atomic E-state index is 13.8. The van der Waals surface area contributed by atoms with Crippen LogP contribution < -0.4 is 16.0 Å². The number of aromatic nitrogens is 2. The molecule has 1 amide bonds. The van der Waals surface area contributed by atoms with Crippen LogP contribution in [-0.4, -0.2) is 73.0 Å². The molecule has 1 saturated carbocycles. The number of sulfone groups is 1. The number of carbonyl (C=O) groups is 1. The first kappa shape index (κ1) is 22.9. The zero-order valence-electron chi connectivity index (χ0n) is 19.9. The lowest BCUT2D eigenvalue weighted by Gasteiger charge is -2.54. The zero-order chi connectivity index (χ0) is 24.4. The highest BCUT2D eigenvalue weighted by molar-refractivity contribution is 7.92. The Morgan fingerprint density at radius 3 is 2.89 bits per heavy atom. The average Bonchev–Trinajstić information content (AvgIpc) is 3.55. The third kappa shape index (κ3) is 3.66. The first-order valence-corrected chi connectivity index (χ1v) is 14.0. The van der Waals surface area contributed by atoms with E-state index in [1.165, 1.54) is 6.20 Å². The van der Waals surface area contributed by atoms with Crippen LogP contribution in [0.15, 0.2) is 33.8 Å². The number of anilines is 1. The van der Waals surface area contributed by atoms with Crippen molar-refractivity contribution in [3.8, 4) is 0 Å². The molecular weight excluding hydrogens is 468 g/mol. The van der Waals surface area contributed by atoms with Crippen molar-refractivity contribution in [3.63, 3.8) is 0 Å². The lowest BCUT2D eigenvalue weighted by molar-refractivity contribution is -0.00147. The molecule has 4 unspecified atom stereocenters. The van der Waals surface area contributed by atoms with Gasteiger partial charge < -0.3 is 20.5 Å². The van der Waals surface area contributed by atoms with Gasteiger partial charge in [0, 0.05) is 50.4 Å². The molecular formula is C24H32N6O4S. The van der Waals surface area contributed by atoms with Gasteiger partial charge >= 0.3 is 0 Å². The second-order valence-electron chi connectivity index (χ2n) is 10.5. The van der Waals surface area contributed by atoms with Crippen molar-refractivity contribution >= 4 is 21.6 Å². The van der Waals surface area contributed by atoms with Crippen LogP contribution >= 0.6 is 0 Å². The van der Waals surface area contributed by atoms with Gasteiger partial charge in [-0.3, -0.25) is 9.69 Å². The first-order chi connectivity index (χ1) is 16.8. The molecule has 3 saturated heterocycles. The Hall–Kier alpha value is -2.50. The Balaban J connectivity index is 1.16. The number of fused-ring (bicyclic) bond motifs is 1. The molecule has 0 spiro atoms. The quantitative estimate of drug-likeness (QED) is 0.525. The predicted molar refractivity (Wildman–Crippen MR) is 129 cm³/mol. The Morgan fingerprint density at radius 1 is 1.34 bits per heavy atom. The summed E-state index contributed by atoms with van der Waals surface area (Å²) in [4.78, 5) is 20.7. The van der Waals surface area contributed by atoms with Crippen LogP contribution in [0.4, 0.5) is 5.82 Å². The molecule has 1 aliphatic carbocycles. The summed E-state index contributed by atoms with van der Waals surface area (Å²) in [6.07, 6.45) is 6.35. The highest BCUT2D eigenvalue weighted by Crippen LogP contribution is 2.58. The summed E-state index contributed by atoms with van der Waals surface area (Å²) in [5.74, 6) is 1.75. The summed E-state index contributed by atoms with van der Waals surface area (Å²) in [7, 11) is -1.68. The molecule has 0 radical (unpaired) electrons. The normalized spacial score (nSPS) is 29.6. The van der Waals surface area contributed by atoms with Gasteiger partial charge in [0.1, 0.15) is 16.4 Å². The van der Waals surface area contributed by atoms with E-state index in [4.69, 9.17) is 10.3 Å². The Labute approximate surface area is 205 Å². The van der Waals surface area contributed by atoms with Gasteiger partial charge in [-0.1, -0.05) is 5.16 Å². The zero-order valence-corrected chi connectivity index (χ0v) is 20.7. The third-order valence-electron chi connectivity index (χ3n) is 8.30. The minimum Gasteiger partial charge on any atom is -0.360 e. The highest BCUT2D eigenvalue weighted by atomic mass is 32.2. The molecule has 4 atom stereocenters. The molecule has 4 aliphatic rings. The number of piperidine rings is 1. The number of nitrogens with zero attached hydrogens (tertiary/aromatic N) is 4. The first-order valence-electron chi connectivity index (χ1n) is 12.5. The van der Waals surface area contributed by atoms with Crippen LogP contribution in [0.25, 0.3) is 0 Å². The molecule has 5 heterocycles. The molecule has 6 rings (SSSR count). The maximum Gasteiger partial charge on any atom is 0.273 e. The van der Waals surface area contributed by atoms with Crippen molar-refractivity contribution in [1.82, 2.24) is 20.4 Å². The summed E-state index contributed by atoms with van der Waals surface area (Å²) in [5, 5.41) is 7.08. The van der Waals surface area contributed by atoms with Crippen molar-refractivity contribution in [2.45, 2.75) is 66.3 Å². The third-order valence-corrected chi connectivity index (χ3v) is 10.7. The summed E-state index contributed by atoms with van der Waals surface area (Å²) in [5.41, 5.74) is 5.90. The number of nitrogens with two attached hydrogens (primary N) is 1. The molecule has 4 fully saturated rings. The molecule has 2 aromatic rings. The van der Waals surface area contributed by atoms with E-state index in [-0.39, 0.29) is 28.8 Å². The summed E-state index contributed by atoms with van der Waals surface area (Å²) < 4.78 is 32.9. The van der Waals surface area contributed by atoms with Gasteiger partial charge in [0.05, 0.1) is 4.90 Å². The maximum atomic E-state index is 13.8. The van der Waals surface area contributed by atoms with E-state index < -0.39 is 14.7 Å². The number of nitrogens with one attached hydrogen (secondary N) is 1. The fourth-order valence-corrected chi connectivity index (χ4v) is 8.45. The summed E-state index contributed by atoms with van der Waals surface area (Å²) in [6.45, 7) is 2.04. The van der Waals surface area contributed by atoms with Crippen LogP contribution in [0.5, 0.6) is 0 Å². The average molecular weight is 501 g/mol. The Kier molecular flexibility index (Phi) is 5.42. The summed E-state index contributed by atoms with van der Waals surface area (Å²) >= 11 is 0. The van der Waals surface area contributed by atoms with Crippen molar-refractivity contribution in [2.24, 2.45) is 11.7 Å². The summed E-state index contributed by atoms with van der Waals surface area (Å²) in [6, 6.07) is 5.27. The van der Waals surface area contributed by atoms with Crippen molar-refractivity contribution in [2.75, 3.05) is 31.6 Å². The lowest BCUT2D eigenvalue weighted by atomic mass is 9.88. The molecule has 3 aliphatic heterocycles. The smallest absolute Gasteiger partial charge is 0.273 e. The Bertz CT molecular complexity index is 1230. The molecule has 188 valence electrons. The van der Waals surface area contributed by atoms with Crippen LogP contribution in [0.3, 0.4) is 0 Å². The minimum atomic E-state index is -3.60. The lowest BCUT2D eigenvalue weighted by Crippen LogP contribution is -2.67. The van der Waals surface area contributed by atoms with Crippen molar-refractivity contribution in [3.05, 3.63) is 35.9 Å². The fraction of sp³-hybridized carbons (Fsp3) is 0.625. The Morgan fingerprint density at radius 2 is 2.17 bits per heavy atom. The number of hydrogen-bond acceptors (Lipinski definition) is 9. The largest absolute Gasteiger partial charge is 0.360 e. The number of pyridine rings is 1. The minimum absolute atomic E-state index is 0.0684. The van der Waals surface area contributed by atoms with Gasteiger partial charge in [-0.2, -0.15) is 0 Å². The molecule has 10 nitrogen and oxygen atoms in total. The van der Waals surface area contributed by atoms with Gasteiger partial charge in [-0.15, -0.1) is 0 Å². The molecule has 35 heavy (non-hydrogen) atoms. The van der Waals surface area contributed by atoms with Gasteiger partial charge in [0.25, 0.3) is 5.91 Å². The number of rotatable bonds is 9. The standard InChI is InChI=1S/C24H32N6O4S/c1-29(8-2-7-25)22-6-5-18(13-26-22)35(32,33)24-11-16-14-30(24)17(12-24)9-19(16)27-23(31)20-10-21(34-28-20)15-3-4-15/h5-6,10,13,15-17,19H,2-4,7-9,11-12,14,25H2,1H3,(H,27,31). The van der Waals surface area contributed by atoms with Gasteiger partial charge in [-0.05, 0) is 63.1 Å². The van der Waals surface area contributed by atoms with E-state index in [0.717, 1.165) is 43.8 Å². The second kappa shape index (κ2) is 8.28.